The molecule has 12 rings (SSSR count). The Morgan fingerprint density at radius 1 is 0.225 bits per heavy atom. The van der Waals surface area contributed by atoms with Gasteiger partial charge >= 0.3 is 17.9 Å². The van der Waals surface area contributed by atoms with Crippen LogP contribution in [0.25, 0.3) is 21.5 Å². The monoisotopic (exact) mass is 1080 g/mol. The second-order valence-corrected chi connectivity index (χ2v) is 18.8. The number of carboxylic acid groups (broad SMARTS) is 3. The van der Waals surface area contributed by atoms with Crippen molar-refractivity contribution in [2.45, 2.75) is 16.2 Å². The van der Waals surface area contributed by atoms with Crippen molar-refractivity contribution in [2.75, 3.05) is 0 Å². The Morgan fingerprint density at radius 2 is 0.362 bits per heavy atom. The van der Waals surface area contributed by atoms with Crippen molar-refractivity contribution in [1.82, 2.24) is 0 Å². The normalized spacial score (nSPS) is 10.9. The Balaban J connectivity index is 0.000000142. The van der Waals surface area contributed by atoms with E-state index in [2.05, 4.69) is 54.6 Å². The summed E-state index contributed by atoms with van der Waals surface area (Å²) in [5.74, 6) is -2.64. The van der Waals surface area contributed by atoms with E-state index in [0.717, 1.165) is 50.1 Å². The second kappa shape index (κ2) is 26.6. The van der Waals surface area contributed by atoms with Crippen LogP contribution in [-0.2, 0) is 52.3 Å². The van der Waals surface area contributed by atoms with Crippen molar-refractivity contribution in [3.8, 4) is 0 Å². The summed E-state index contributed by atoms with van der Waals surface area (Å²) in [5.41, 5.74) is 3.14. The molecule has 0 aliphatic carbocycles. The smallest absolute Gasteiger partial charge is 0.323 e. The van der Waals surface area contributed by atoms with Crippen LogP contribution in [0.5, 0.6) is 0 Å². The number of hydrogen-bond acceptors (Lipinski definition) is 3. The maximum Gasteiger partial charge on any atom is 0.323 e. The van der Waals surface area contributed by atoms with Gasteiger partial charge in [0.05, 0.1) is 0 Å². The topological polar surface area (TPSA) is 112 Å². The Morgan fingerprint density at radius 3 is 0.512 bits per heavy atom. The average molecular weight is 1080 g/mol. The average Bonchev–Trinajstić information content (AvgIpc) is 3.92. The van der Waals surface area contributed by atoms with E-state index in [4.69, 9.17) is 0 Å². The van der Waals surface area contributed by atoms with Crippen molar-refractivity contribution < 1.29 is 51.4 Å². The van der Waals surface area contributed by atoms with Crippen LogP contribution in [0.4, 0.5) is 0 Å². The standard InChI is InChI=1S/3C20H16O2.C13H9.Ti/c3*21-19(22)20(16-10-4-1-5-11-16,17-12-6-2-7-13-17)18-14-8-3-9-15-18;1-3-7-12-10(5-1)9-11-6-2-4-8-13(11)12;/h3*1-15H,(H,21,22);1-9H;/q;;;-1;. The Bertz CT molecular complexity index is 3180. The molecule has 390 valence electrons. The van der Waals surface area contributed by atoms with E-state index in [1.165, 1.54) is 21.5 Å². The molecule has 3 N–H and O–H groups in total. The van der Waals surface area contributed by atoms with Crippen LogP contribution in [-0.4, -0.2) is 33.2 Å². The van der Waals surface area contributed by atoms with Gasteiger partial charge in [-0.15, -0.1) is 39.7 Å². The summed E-state index contributed by atoms with van der Waals surface area (Å²) in [6.07, 6.45) is 0. The molecule has 0 fully saturated rings. The summed E-state index contributed by atoms with van der Waals surface area (Å²) in [4.78, 5) is 37.3. The van der Waals surface area contributed by atoms with Crippen LogP contribution in [0.15, 0.2) is 328 Å². The van der Waals surface area contributed by atoms with E-state index in [-0.39, 0.29) is 21.7 Å². The van der Waals surface area contributed by atoms with E-state index in [0.29, 0.717) is 0 Å². The molecule has 6 nitrogen and oxygen atoms in total. The van der Waals surface area contributed by atoms with Gasteiger partial charge in [-0.1, -0.05) is 309 Å². The van der Waals surface area contributed by atoms with Gasteiger partial charge in [0.15, 0.2) is 0 Å². The van der Waals surface area contributed by atoms with Crippen molar-refractivity contribution in [3.05, 3.63) is 378 Å². The molecule has 0 atom stereocenters. The Kier molecular flexibility index (Phi) is 18.9. The molecule has 0 spiro atoms. The third-order valence-corrected chi connectivity index (χ3v) is 14.3. The zero-order chi connectivity index (χ0) is 54.9. The molecule has 7 heteroatoms. The number of benzene rings is 11. The van der Waals surface area contributed by atoms with Crippen molar-refractivity contribution in [3.63, 3.8) is 0 Å². The van der Waals surface area contributed by atoms with Crippen LogP contribution in [0.1, 0.15) is 50.1 Å². The number of carbonyl (C=O) groups is 3. The predicted molar refractivity (Wildman–Crippen MR) is 318 cm³/mol. The van der Waals surface area contributed by atoms with Crippen molar-refractivity contribution in [2.24, 2.45) is 0 Å². The SMILES string of the molecule is O=C(O)C(c1ccccc1)(c1ccccc1)c1ccccc1.O=C(O)C(c1ccccc1)(c1ccccc1)c1ccccc1.O=C(O)C(c1ccccc1)(c1ccccc1)c1ccccc1.[Ti].c1ccc2c(c1)[cH-]c1ccccc12. The summed E-state index contributed by atoms with van der Waals surface area (Å²) in [6, 6.07) is 104. The van der Waals surface area contributed by atoms with E-state index in [1.54, 1.807) is 0 Å². The molecule has 12 aromatic carbocycles. The quantitative estimate of drug-likeness (QED) is 0.0638. The zero-order valence-corrected chi connectivity index (χ0v) is 45.3. The zero-order valence-electron chi connectivity index (χ0n) is 43.7. The first-order valence-corrected chi connectivity index (χ1v) is 26.0. The van der Waals surface area contributed by atoms with Gasteiger partial charge in [-0.25, -0.2) is 0 Å². The van der Waals surface area contributed by atoms with E-state index in [9.17, 15) is 29.7 Å². The minimum absolute atomic E-state index is 0. The second-order valence-electron chi connectivity index (χ2n) is 18.8. The van der Waals surface area contributed by atoms with E-state index >= 15 is 0 Å². The van der Waals surface area contributed by atoms with Crippen LogP contribution < -0.4 is 0 Å². The number of carboxylic acids is 3. The van der Waals surface area contributed by atoms with Crippen molar-refractivity contribution in [1.29, 1.82) is 0 Å². The molecular formula is C73H57O6Ti-. The molecule has 0 heterocycles. The molecule has 0 aliphatic rings. The summed E-state index contributed by atoms with van der Waals surface area (Å²) in [7, 11) is 0. The van der Waals surface area contributed by atoms with Gasteiger partial charge in [0.2, 0.25) is 0 Å². The van der Waals surface area contributed by atoms with Gasteiger partial charge in [0.25, 0.3) is 0 Å². The summed E-state index contributed by atoms with van der Waals surface area (Å²) in [5, 5.41) is 35.9. The van der Waals surface area contributed by atoms with Crippen LogP contribution in [0, 0.1) is 0 Å². The van der Waals surface area contributed by atoms with Gasteiger partial charge in [-0.05, 0) is 50.1 Å². The first-order chi connectivity index (χ1) is 38.7. The molecule has 0 aliphatic heterocycles. The maximum atomic E-state index is 12.4. The fourth-order valence-corrected chi connectivity index (χ4v) is 10.7. The van der Waals surface area contributed by atoms with Gasteiger partial charge in [-0.3, -0.25) is 14.4 Å². The van der Waals surface area contributed by atoms with Gasteiger partial charge in [0, 0.05) is 21.7 Å². The number of fused-ring (bicyclic) bond motifs is 3. The molecule has 0 amide bonds. The first-order valence-electron chi connectivity index (χ1n) is 26.0. The summed E-state index contributed by atoms with van der Waals surface area (Å²) < 4.78 is 0. The summed E-state index contributed by atoms with van der Waals surface area (Å²) in [6.45, 7) is 0. The molecular weight excluding hydrogens is 1020 g/mol. The molecule has 0 saturated heterocycles. The van der Waals surface area contributed by atoms with Crippen molar-refractivity contribution >= 4 is 39.5 Å². The molecule has 0 radical (unpaired) electrons. The molecule has 0 bridgehead atoms. The third-order valence-electron chi connectivity index (χ3n) is 14.3. The van der Waals surface area contributed by atoms with Crippen LogP contribution in [0.2, 0.25) is 0 Å². The van der Waals surface area contributed by atoms with Crippen LogP contribution >= 0.6 is 0 Å². The largest absolute Gasteiger partial charge is 0.480 e. The third kappa shape index (κ3) is 11.5. The van der Waals surface area contributed by atoms with E-state index in [1.807, 2.05) is 273 Å². The fraction of sp³-hybridized carbons (Fsp3) is 0.0411. The molecule has 80 heavy (non-hydrogen) atoms. The van der Waals surface area contributed by atoms with Gasteiger partial charge in [-0.2, -0.15) is 0 Å². The molecule has 0 saturated carbocycles. The van der Waals surface area contributed by atoms with Crippen LogP contribution in [0.3, 0.4) is 0 Å². The van der Waals surface area contributed by atoms with E-state index < -0.39 is 34.2 Å². The molecule has 12 aromatic rings. The predicted octanol–water partition coefficient (Wildman–Crippen LogP) is 16.0. The van der Waals surface area contributed by atoms with Gasteiger partial charge < -0.3 is 15.3 Å². The maximum absolute atomic E-state index is 12.4. The Hall–Kier alpha value is -9.59. The molecule has 0 aromatic heterocycles. The number of hydrogen-bond donors (Lipinski definition) is 3. The minimum atomic E-state index is -1.20. The van der Waals surface area contributed by atoms with Gasteiger partial charge in [0.1, 0.15) is 16.2 Å². The summed E-state index contributed by atoms with van der Waals surface area (Å²) >= 11 is 0. The number of rotatable bonds is 12. The fourth-order valence-electron chi connectivity index (χ4n) is 10.7. The number of aliphatic carboxylic acids is 3. The minimum Gasteiger partial charge on any atom is -0.480 e. The first kappa shape index (κ1) is 56.6. The molecule has 0 unspecified atom stereocenters. The Labute approximate surface area is 481 Å².